The van der Waals surface area contributed by atoms with Crippen molar-refractivity contribution in [3.63, 3.8) is 0 Å². The molecule has 0 aliphatic heterocycles. The molecule has 0 amide bonds. The maximum absolute atomic E-state index is 0. The van der Waals surface area contributed by atoms with Crippen LogP contribution in [0.5, 0.6) is 0 Å². The Bertz CT molecular complexity index is 4.00. The van der Waals surface area contributed by atoms with Crippen LogP contribution in [-0.4, -0.2) is 45.7 Å². The van der Waals surface area contributed by atoms with Crippen molar-refractivity contribution in [3.05, 3.63) is 0 Å². The molecule has 2 nitrogen and oxygen atoms in total. The smallest absolute Gasteiger partial charge is 0.187 e. The van der Waals surface area contributed by atoms with Gasteiger partial charge in [-0.15, -0.1) is 0 Å². The predicted molar refractivity (Wildman–Crippen MR) is 25.7 cm³/mol. The minimum atomic E-state index is 0. The van der Waals surface area contributed by atoms with Crippen molar-refractivity contribution in [2.45, 2.75) is 0 Å². The summed E-state index contributed by atoms with van der Waals surface area (Å²) in [5.41, 5.74) is 0. The Morgan fingerprint density at radius 2 is 0.750 bits per heavy atom. The minimum Gasteiger partial charge on any atom is -0.412 e. The lowest BCUT2D eigenvalue weighted by atomic mass is 16.0. The molecule has 4 heavy (non-hydrogen) atoms. The van der Waals surface area contributed by atoms with E-state index in [0.717, 1.165) is 0 Å². The fourth-order valence-corrected chi connectivity index (χ4v) is 0. The van der Waals surface area contributed by atoms with Gasteiger partial charge in [-0.3, -0.25) is 0 Å². The van der Waals surface area contributed by atoms with E-state index in [-0.39, 0.29) is 45.7 Å². The molecule has 0 aromatic heterocycles. The van der Waals surface area contributed by atoms with Gasteiger partial charge in [0.05, 0.1) is 0 Å². The lowest BCUT2D eigenvalue weighted by Gasteiger charge is -0.413. The normalized spacial score (nSPS) is 0. The summed E-state index contributed by atoms with van der Waals surface area (Å²) in [5.74, 6) is 0. The van der Waals surface area contributed by atoms with Gasteiger partial charge in [0.15, 0.2) is 17.4 Å². The Morgan fingerprint density at radius 3 is 0.750 bits per heavy atom. The van der Waals surface area contributed by atoms with E-state index in [9.17, 15) is 0 Å². The van der Waals surface area contributed by atoms with E-state index in [4.69, 9.17) is 0 Å². The molecule has 0 aliphatic carbocycles. The summed E-state index contributed by atoms with van der Waals surface area (Å²) in [7, 11) is 0. The molecule has 0 bridgehead atoms. The molecular formula is H9Al2O2. The molecule has 0 fully saturated rings. The fourth-order valence-electron chi connectivity index (χ4n) is 0. The van der Waals surface area contributed by atoms with Crippen LogP contribution in [0.2, 0.25) is 0 Å². The summed E-state index contributed by atoms with van der Waals surface area (Å²) in [6, 6.07) is 0. The molecule has 1 radical (unpaired) electrons. The molecule has 0 saturated carbocycles. The fraction of sp³-hybridized carbons (Fsp3) is 0. The first-order chi connectivity index (χ1) is 0. The molecule has 0 saturated heterocycles. The van der Waals surface area contributed by atoms with E-state index in [1.807, 2.05) is 0 Å². The summed E-state index contributed by atoms with van der Waals surface area (Å²) in [5, 5.41) is 0. The molecule has 0 aliphatic rings. The van der Waals surface area contributed by atoms with Crippen LogP contribution >= 0.6 is 0 Å². The van der Waals surface area contributed by atoms with Crippen LogP contribution in [0.1, 0.15) is 0 Å². The Labute approximate surface area is 46.1 Å². The Kier molecular flexibility index (Phi) is 747. The van der Waals surface area contributed by atoms with Gasteiger partial charge >= 0.3 is 0 Å². The molecule has 27 valence electrons. The molecule has 0 unspecified atom stereocenters. The van der Waals surface area contributed by atoms with Crippen LogP contribution in [0.3, 0.4) is 0 Å². The number of hydrogen-bond acceptors (Lipinski definition) is 0. The Morgan fingerprint density at radius 1 is 0.750 bits per heavy atom. The summed E-state index contributed by atoms with van der Waals surface area (Å²) >= 11 is 0. The average Bonchev–Trinajstić information content (AvgIpc) is 0. The molecule has 0 aromatic carbocycles. The third-order valence-electron chi connectivity index (χ3n) is 0. The maximum atomic E-state index is 0. The minimum absolute atomic E-state index is 0. The van der Waals surface area contributed by atoms with Gasteiger partial charge in [0.25, 0.3) is 0 Å². The molecule has 0 aromatic rings. The van der Waals surface area contributed by atoms with Crippen molar-refractivity contribution < 1.29 is 11.0 Å². The zero-order valence-electron chi connectivity index (χ0n) is 2.00. The van der Waals surface area contributed by atoms with Gasteiger partial charge in [-0.2, -0.15) is 0 Å². The number of rotatable bonds is 0. The van der Waals surface area contributed by atoms with Gasteiger partial charge in [-0.05, 0) is 0 Å². The van der Waals surface area contributed by atoms with Crippen LogP contribution in [0.4, 0.5) is 0 Å². The summed E-state index contributed by atoms with van der Waals surface area (Å²) in [6.07, 6.45) is 0. The average molecular weight is 95.0 g/mol. The molecule has 0 heterocycles. The van der Waals surface area contributed by atoms with Crippen molar-refractivity contribution in [1.82, 2.24) is 0 Å². The van der Waals surface area contributed by atoms with E-state index in [2.05, 4.69) is 0 Å². The predicted octanol–water partition coefficient (Wildman–Crippen LogP) is -3.75. The van der Waals surface area contributed by atoms with Crippen molar-refractivity contribution in [3.8, 4) is 0 Å². The Balaban J connectivity index is 0. The van der Waals surface area contributed by atoms with E-state index < -0.39 is 0 Å². The molecule has 0 spiro atoms. The molecular weight excluding hydrogens is 86.0 g/mol. The quantitative estimate of drug-likeness (QED) is 0.277. The first kappa shape index (κ1) is 81.6. The van der Waals surface area contributed by atoms with Crippen molar-refractivity contribution in [1.29, 1.82) is 0 Å². The zero-order valence-corrected chi connectivity index (χ0v) is 4.00. The van der Waals surface area contributed by atoms with E-state index in [0.29, 0.717) is 0 Å². The van der Waals surface area contributed by atoms with Gasteiger partial charge in [0.1, 0.15) is 17.4 Å². The standard InChI is InChI=1S/2Al.2H2O.5H/h;;2*1H2;;;;;. The van der Waals surface area contributed by atoms with Crippen molar-refractivity contribution >= 4 is 34.7 Å². The lowest BCUT2D eigenvalue weighted by Crippen LogP contribution is -0.382. The van der Waals surface area contributed by atoms with Gasteiger partial charge in [-0.25, -0.2) is 0 Å². The van der Waals surface area contributed by atoms with E-state index in [1.165, 1.54) is 0 Å². The molecule has 4 heteroatoms. The summed E-state index contributed by atoms with van der Waals surface area (Å²) in [4.78, 5) is 0. The van der Waals surface area contributed by atoms with Gasteiger partial charge in [-0.1, -0.05) is 0 Å². The van der Waals surface area contributed by atoms with E-state index in [1.54, 1.807) is 0 Å². The zero-order chi connectivity index (χ0) is 0. The van der Waals surface area contributed by atoms with Gasteiger partial charge in [0.2, 0.25) is 0 Å². The van der Waals surface area contributed by atoms with Crippen molar-refractivity contribution in [2.24, 2.45) is 0 Å². The third-order valence-corrected chi connectivity index (χ3v) is 0. The maximum Gasteiger partial charge on any atom is 0.187 e. The second-order valence-electron chi connectivity index (χ2n) is 0. The lowest BCUT2D eigenvalue weighted by molar-refractivity contribution is 0.823. The second kappa shape index (κ2) is 36.6. The van der Waals surface area contributed by atoms with Crippen LogP contribution in [0.15, 0.2) is 0 Å². The second-order valence-corrected chi connectivity index (χ2v) is 0. The largest absolute Gasteiger partial charge is 0.412 e. The topological polar surface area (TPSA) is 63.0 Å². The summed E-state index contributed by atoms with van der Waals surface area (Å²) in [6.45, 7) is 0. The summed E-state index contributed by atoms with van der Waals surface area (Å²) < 4.78 is 0. The first-order valence-electron chi connectivity index (χ1n) is 0. The molecule has 0 rings (SSSR count). The molecule has 0 atom stereocenters. The highest BCUT2D eigenvalue weighted by atomic mass is 27.0. The highest BCUT2D eigenvalue weighted by Gasteiger charge is 0.187. The highest BCUT2D eigenvalue weighted by molar-refractivity contribution is 5.76. The van der Waals surface area contributed by atoms with Crippen molar-refractivity contribution in [2.75, 3.05) is 0 Å². The SMILES string of the molecule is O.O.[AlH2].[AlH3]. The first-order valence-corrected chi connectivity index (χ1v) is 0. The van der Waals surface area contributed by atoms with Crippen LogP contribution < -0.4 is 0 Å². The molecule has 4 N–H and O–H groups in total. The van der Waals surface area contributed by atoms with Crippen LogP contribution in [0, 0.1) is 0 Å². The highest BCUT2D eigenvalue weighted by Crippen LogP contribution is -0.288. The van der Waals surface area contributed by atoms with Gasteiger partial charge in [0, 0.05) is 0 Å². The monoisotopic (exact) mass is 95.0 g/mol. The van der Waals surface area contributed by atoms with E-state index >= 15 is 0 Å². The number of hydrogen-bond donors (Lipinski definition) is 0. The van der Waals surface area contributed by atoms with Crippen LogP contribution in [0.25, 0.3) is 0 Å². The van der Waals surface area contributed by atoms with Gasteiger partial charge < -0.3 is 11.0 Å². The van der Waals surface area contributed by atoms with Crippen LogP contribution in [-0.2, 0) is 0 Å². The Hall–Kier alpha value is 0.985. The third kappa shape index (κ3) is 12.1.